The Bertz CT molecular complexity index is 730. The molecule has 2 aliphatic rings. The van der Waals surface area contributed by atoms with Gasteiger partial charge in [-0.2, -0.15) is 0 Å². The van der Waals surface area contributed by atoms with Crippen molar-refractivity contribution in [2.45, 2.75) is 31.6 Å². The Morgan fingerprint density at radius 1 is 1.20 bits per heavy atom. The predicted molar refractivity (Wildman–Crippen MR) is 93.1 cm³/mol. The molecule has 2 fully saturated rings. The molecule has 0 unspecified atom stereocenters. The zero-order valence-electron chi connectivity index (χ0n) is 13.8. The van der Waals surface area contributed by atoms with Gasteiger partial charge in [0.2, 0.25) is 5.91 Å². The number of hydrogen-bond acceptors (Lipinski definition) is 5. The first-order chi connectivity index (χ1) is 12.0. The van der Waals surface area contributed by atoms with Gasteiger partial charge in [-0.05, 0) is 18.9 Å². The summed E-state index contributed by atoms with van der Waals surface area (Å²) in [6.45, 7) is 1.90. The minimum Gasteiger partial charge on any atom is -0.348 e. The molecule has 0 N–H and O–H groups in total. The van der Waals surface area contributed by atoms with Gasteiger partial charge in [0.15, 0.2) is 5.13 Å². The van der Waals surface area contributed by atoms with Crippen LogP contribution in [0.5, 0.6) is 0 Å². The van der Waals surface area contributed by atoms with E-state index in [1.165, 1.54) is 0 Å². The highest BCUT2D eigenvalue weighted by Gasteiger charge is 2.38. The molecule has 25 heavy (non-hydrogen) atoms. The molecule has 0 aliphatic carbocycles. The fourth-order valence-electron chi connectivity index (χ4n) is 3.53. The molecule has 2 aliphatic heterocycles. The van der Waals surface area contributed by atoms with Crippen LogP contribution < -0.4 is 4.90 Å². The number of halogens is 2. The molecule has 0 aromatic carbocycles. The second-order valence-corrected chi connectivity index (χ2v) is 7.79. The Hall–Kier alpha value is -1.83. The molecule has 5 nitrogen and oxygen atoms in total. The van der Waals surface area contributed by atoms with Gasteiger partial charge < -0.3 is 9.80 Å². The Morgan fingerprint density at radius 3 is 2.60 bits per heavy atom. The third-order valence-corrected chi connectivity index (χ3v) is 6.20. The Labute approximate surface area is 148 Å². The number of thiazole rings is 1. The van der Waals surface area contributed by atoms with Crippen LogP contribution >= 0.6 is 11.3 Å². The van der Waals surface area contributed by atoms with Crippen molar-refractivity contribution < 1.29 is 13.6 Å². The number of carbonyl (C=O) groups excluding carboxylic acids is 1. The lowest BCUT2D eigenvalue weighted by atomic mass is 9.94. The smallest absolute Gasteiger partial charge is 0.251 e. The third-order valence-electron chi connectivity index (χ3n) is 5.10. The van der Waals surface area contributed by atoms with Crippen LogP contribution in [0.1, 0.15) is 25.7 Å². The van der Waals surface area contributed by atoms with Crippen LogP contribution in [0.25, 0.3) is 10.2 Å². The Balaban J connectivity index is 1.35. The fraction of sp³-hybridized carbons (Fsp3) is 0.588. The van der Waals surface area contributed by atoms with E-state index in [0.29, 0.717) is 0 Å². The summed E-state index contributed by atoms with van der Waals surface area (Å²) in [5.74, 6) is -2.62. The van der Waals surface area contributed by atoms with Gasteiger partial charge in [-0.25, -0.2) is 13.8 Å². The molecule has 2 saturated heterocycles. The van der Waals surface area contributed by atoms with E-state index >= 15 is 0 Å². The molecule has 134 valence electrons. The van der Waals surface area contributed by atoms with Crippen LogP contribution in [0.15, 0.2) is 18.5 Å². The monoisotopic (exact) mass is 366 g/mol. The van der Waals surface area contributed by atoms with E-state index < -0.39 is 5.92 Å². The first-order valence-electron chi connectivity index (χ1n) is 8.64. The van der Waals surface area contributed by atoms with Gasteiger partial charge in [-0.3, -0.25) is 9.78 Å². The highest BCUT2D eigenvalue weighted by Crippen LogP contribution is 2.33. The van der Waals surface area contributed by atoms with Crippen LogP contribution in [0, 0.1) is 5.92 Å². The number of fused-ring (bicyclic) bond motifs is 1. The molecule has 8 heteroatoms. The summed E-state index contributed by atoms with van der Waals surface area (Å²) < 4.78 is 27.6. The average molecular weight is 366 g/mol. The third kappa shape index (κ3) is 3.44. The molecule has 0 radical (unpaired) electrons. The van der Waals surface area contributed by atoms with Crippen molar-refractivity contribution >= 4 is 32.6 Å². The average Bonchev–Trinajstić information content (AvgIpc) is 3.05. The number of alkyl halides is 2. The number of pyridine rings is 1. The zero-order chi connectivity index (χ0) is 17.4. The maximum atomic E-state index is 13.3. The van der Waals surface area contributed by atoms with Crippen molar-refractivity contribution in [1.29, 1.82) is 0 Å². The van der Waals surface area contributed by atoms with E-state index in [0.717, 1.165) is 41.3 Å². The van der Waals surface area contributed by atoms with Gasteiger partial charge in [-0.15, -0.1) is 0 Å². The van der Waals surface area contributed by atoms with Crippen molar-refractivity contribution in [3.05, 3.63) is 18.5 Å². The van der Waals surface area contributed by atoms with Gasteiger partial charge in [0, 0.05) is 51.1 Å². The number of carbonyl (C=O) groups is 1. The Kier molecular flexibility index (Phi) is 4.31. The zero-order valence-corrected chi connectivity index (χ0v) is 14.6. The van der Waals surface area contributed by atoms with Gasteiger partial charge in [-0.1, -0.05) is 11.3 Å². The van der Waals surface area contributed by atoms with Gasteiger partial charge in [0.05, 0.1) is 10.9 Å². The number of hydrogen-bond donors (Lipinski definition) is 0. The molecular weight excluding hydrogens is 346 g/mol. The van der Waals surface area contributed by atoms with Crippen molar-refractivity contribution in [3.63, 3.8) is 0 Å². The number of piperidine rings is 2. The molecule has 1 amide bonds. The number of anilines is 1. The minimum atomic E-state index is -2.61. The molecule has 0 saturated carbocycles. The number of likely N-dealkylation sites (tertiary alicyclic amines) is 1. The molecule has 0 atom stereocenters. The van der Waals surface area contributed by atoms with Crippen LogP contribution in [0.3, 0.4) is 0 Å². The minimum absolute atomic E-state index is 0.0450. The molecule has 4 rings (SSSR count). The quantitative estimate of drug-likeness (QED) is 0.819. The summed E-state index contributed by atoms with van der Waals surface area (Å²) in [5, 5.41) is 0.964. The second-order valence-electron chi connectivity index (χ2n) is 6.78. The van der Waals surface area contributed by atoms with Gasteiger partial charge in [0.1, 0.15) is 5.52 Å². The van der Waals surface area contributed by atoms with Gasteiger partial charge >= 0.3 is 0 Å². The highest BCUT2D eigenvalue weighted by atomic mass is 32.1. The van der Waals surface area contributed by atoms with E-state index in [1.54, 1.807) is 28.6 Å². The van der Waals surface area contributed by atoms with Crippen LogP contribution in [-0.4, -0.2) is 52.9 Å². The van der Waals surface area contributed by atoms with E-state index in [1.807, 2.05) is 6.07 Å². The summed E-state index contributed by atoms with van der Waals surface area (Å²) in [7, 11) is 0. The summed E-state index contributed by atoms with van der Waals surface area (Å²) in [5.41, 5.74) is 0.898. The first-order valence-corrected chi connectivity index (χ1v) is 9.46. The standard InChI is InChI=1S/C17H20F2N4OS/c18-17(19)4-9-22(10-5-17)15(24)12-2-7-23(8-3-12)16-21-13-11-20-6-1-14(13)25-16/h1,6,11-12H,2-5,7-10H2. The summed E-state index contributed by atoms with van der Waals surface area (Å²) in [4.78, 5) is 25.1. The van der Waals surface area contributed by atoms with E-state index in [9.17, 15) is 13.6 Å². The predicted octanol–water partition coefficient (Wildman–Crippen LogP) is 3.17. The molecule has 0 bridgehead atoms. The lowest BCUT2D eigenvalue weighted by molar-refractivity contribution is -0.142. The summed E-state index contributed by atoms with van der Waals surface area (Å²) in [6, 6.07) is 1.96. The molecular formula is C17H20F2N4OS. The lowest BCUT2D eigenvalue weighted by Crippen LogP contribution is -2.47. The maximum absolute atomic E-state index is 13.3. The first kappa shape index (κ1) is 16.6. The number of nitrogens with zero attached hydrogens (tertiary/aromatic N) is 4. The lowest BCUT2D eigenvalue weighted by Gasteiger charge is -2.37. The SMILES string of the molecule is O=C(C1CCN(c2nc3cnccc3s2)CC1)N1CCC(F)(F)CC1. The molecule has 4 heterocycles. The van der Waals surface area contributed by atoms with E-state index in [-0.39, 0.29) is 37.8 Å². The summed E-state index contributed by atoms with van der Waals surface area (Å²) >= 11 is 1.64. The second kappa shape index (κ2) is 6.48. The highest BCUT2D eigenvalue weighted by molar-refractivity contribution is 7.22. The number of amides is 1. The largest absolute Gasteiger partial charge is 0.348 e. The maximum Gasteiger partial charge on any atom is 0.251 e. The normalized spacial score (nSPS) is 21.7. The van der Waals surface area contributed by atoms with Crippen molar-refractivity contribution in [2.24, 2.45) is 5.92 Å². The van der Waals surface area contributed by atoms with Crippen molar-refractivity contribution in [3.8, 4) is 0 Å². The summed E-state index contributed by atoms with van der Waals surface area (Å²) in [6.07, 6.45) is 4.60. The van der Waals surface area contributed by atoms with Crippen LogP contribution in [0.4, 0.5) is 13.9 Å². The van der Waals surface area contributed by atoms with Crippen LogP contribution in [0.2, 0.25) is 0 Å². The van der Waals surface area contributed by atoms with Crippen molar-refractivity contribution in [1.82, 2.24) is 14.9 Å². The van der Waals surface area contributed by atoms with E-state index in [4.69, 9.17) is 0 Å². The fourth-order valence-corrected chi connectivity index (χ4v) is 4.52. The van der Waals surface area contributed by atoms with E-state index in [2.05, 4.69) is 14.9 Å². The molecule has 0 spiro atoms. The molecule has 2 aromatic heterocycles. The number of aromatic nitrogens is 2. The number of rotatable bonds is 2. The Morgan fingerprint density at radius 2 is 1.92 bits per heavy atom. The topological polar surface area (TPSA) is 49.3 Å². The van der Waals surface area contributed by atoms with Crippen LogP contribution in [-0.2, 0) is 4.79 Å². The molecule has 2 aromatic rings. The van der Waals surface area contributed by atoms with Crippen molar-refractivity contribution in [2.75, 3.05) is 31.1 Å². The van der Waals surface area contributed by atoms with Gasteiger partial charge in [0.25, 0.3) is 5.92 Å².